The van der Waals surface area contributed by atoms with Crippen molar-refractivity contribution in [1.82, 2.24) is 0 Å². The maximum absolute atomic E-state index is 11.8. The minimum atomic E-state index is -0.457. The molecule has 0 aliphatic heterocycles. The molecule has 0 rings (SSSR count). The normalized spacial score (nSPS) is 11.0. The third-order valence-electron chi connectivity index (χ3n) is 6.10. The molecule has 236 valence electrons. The third-order valence-corrected chi connectivity index (χ3v) is 6.10. The predicted molar refractivity (Wildman–Crippen MR) is 157 cm³/mol. The summed E-state index contributed by atoms with van der Waals surface area (Å²) in [7, 11) is 0. The lowest BCUT2D eigenvalue weighted by Gasteiger charge is -2.08. The van der Waals surface area contributed by atoms with Crippen LogP contribution in [0.1, 0.15) is 96.8 Å². The quantitative estimate of drug-likeness (QED) is 0.0545. The van der Waals surface area contributed by atoms with Crippen LogP contribution in [0.4, 0.5) is 0 Å². The second-order valence-electron chi connectivity index (χ2n) is 9.65. The minimum Gasteiger partial charge on any atom is -0.463 e. The van der Waals surface area contributed by atoms with Gasteiger partial charge in [0.15, 0.2) is 0 Å². The number of esters is 2. The zero-order chi connectivity index (χ0) is 29.2. The van der Waals surface area contributed by atoms with Crippen molar-refractivity contribution in [3.05, 3.63) is 12.7 Å². The molecule has 0 heterocycles. The largest absolute Gasteiger partial charge is 0.463 e. The van der Waals surface area contributed by atoms with Crippen LogP contribution >= 0.6 is 0 Å². The molecule has 0 aromatic carbocycles. The van der Waals surface area contributed by atoms with Gasteiger partial charge in [-0.3, -0.25) is 4.79 Å². The molecule has 0 saturated carbocycles. The number of hydrogen-bond acceptors (Lipinski definition) is 9. The van der Waals surface area contributed by atoms with Crippen molar-refractivity contribution < 1.29 is 42.7 Å². The molecule has 0 aromatic rings. The lowest BCUT2D eigenvalue weighted by molar-refractivity contribution is -0.145. The van der Waals surface area contributed by atoms with E-state index in [1.54, 1.807) is 0 Å². The highest BCUT2D eigenvalue weighted by Crippen LogP contribution is 2.13. The number of carbonyl (C=O) groups excluding carboxylic acids is 2. The Morgan fingerprint density at radius 1 is 0.475 bits per heavy atom. The molecule has 0 saturated heterocycles. The van der Waals surface area contributed by atoms with E-state index in [1.807, 2.05) is 0 Å². The van der Waals surface area contributed by atoms with E-state index in [2.05, 4.69) is 13.5 Å². The Kier molecular flexibility index (Phi) is 32.4. The molecule has 0 bridgehead atoms. The van der Waals surface area contributed by atoms with E-state index in [4.69, 9.17) is 33.2 Å². The van der Waals surface area contributed by atoms with Crippen molar-refractivity contribution in [3.8, 4) is 0 Å². The summed E-state index contributed by atoms with van der Waals surface area (Å²) in [5.41, 5.74) is 0. The third kappa shape index (κ3) is 32.7. The van der Waals surface area contributed by atoms with E-state index in [0.717, 1.165) is 18.9 Å². The zero-order valence-electron chi connectivity index (χ0n) is 25.3. The molecule has 0 aliphatic rings. The maximum atomic E-state index is 11.8. The number of unbranched alkanes of at least 4 members (excludes halogenated alkanes) is 12. The van der Waals surface area contributed by atoms with Crippen LogP contribution in [0, 0.1) is 0 Å². The van der Waals surface area contributed by atoms with Crippen molar-refractivity contribution in [2.24, 2.45) is 0 Å². The van der Waals surface area contributed by atoms with Crippen molar-refractivity contribution in [1.29, 1.82) is 0 Å². The molecule has 0 fully saturated rings. The van der Waals surface area contributed by atoms with Gasteiger partial charge in [0.25, 0.3) is 0 Å². The Bertz CT molecular complexity index is 557. The second kappa shape index (κ2) is 33.7. The Morgan fingerprint density at radius 2 is 0.800 bits per heavy atom. The van der Waals surface area contributed by atoms with Gasteiger partial charge in [-0.2, -0.15) is 0 Å². The van der Waals surface area contributed by atoms with E-state index < -0.39 is 5.97 Å². The first-order valence-electron chi connectivity index (χ1n) is 15.5. The summed E-state index contributed by atoms with van der Waals surface area (Å²) in [5, 5.41) is 0. The molecule has 0 aliphatic carbocycles. The van der Waals surface area contributed by atoms with Crippen LogP contribution < -0.4 is 0 Å². The number of ether oxygens (including phenoxy) is 7. The van der Waals surface area contributed by atoms with Crippen molar-refractivity contribution in [2.75, 3.05) is 79.3 Å². The standard InChI is InChI=1S/C31H58O9/c1-3-5-6-7-8-9-10-11-12-13-14-15-16-17-31(33)40-29-27-38-25-23-36-21-19-34-18-20-35-22-24-37-26-28-39-30(32)4-2/h4H,2-3,5-29H2,1H3. The summed E-state index contributed by atoms with van der Waals surface area (Å²) >= 11 is 0. The summed E-state index contributed by atoms with van der Waals surface area (Å²) in [4.78, 5) is 22.6. The Labute approximate surface area is 243 Å². The lowest BCUT2D eigenvalue weighted by Crippen LogP contribution is -2.15. The average molecular weight is 575 g/mol. The fraction of sp³-hybridized carbons (Fsp3) is 0.871. The van der Waals surface area contributed by atoms with E-state index in [1.165, 1.54) is 70.6 Å². The Morgan fingerprint density at radius 3 is 1.18 bits per heavy atom. The summed E-state index contributed by atoms with van der Waals surface area (Å²) in [6.07, 6.45) is 18.4. The van der Waals surface area contributed by atoms with Gasteiger partial charge in [0, 0.05) is 12.5 Å². The summed E-state index contributed by atoms with van der Waals surface area (Å²) in [6.45, 7) is 10.4. The first-order valence-corrected chi connectivity index (χ1v) is 15.5. The van der Waals surface area contributed by atoms with Crippen molar-refractivity contribution in [2.45, 2.75) is 96.8 Å². The fourth-order valence-corrected chi connectivity index (χ4v) is 3.82. The van der Waals surface area contributed by atoms with Crippen molar-refractivity contribution >= 4 is 11.9 Å². The topological polar surface area (TPSA) is 98.8 Å². The number of carbonyl (C=O) groups is 2. The van der Waals surface area contributed by atoms with Gasteiger partial charge in [-0.05, 0) is 6.42 Å². The van der Waals surface area contributed by atoms with Crippen LogP contribution in [0.3, 0.4) is 0 Å². The van der Waals surface area contributed by atoms with Gasteiger partial charge in [-0.1, -0.05) is 90.6 Å². The minimum absolute atomic E-state index is 0.136. The van der Waals surface area contributed by atoms with E-state index in [-0.39, 0.29) is 19.2 Å². The highest BCUT2D eigenvalue weighted by molar-refractivity contribution is 5.81. The van der Waals surface area contributed by atoms with Crippen LogP contribution in [0.5, 0.6) is 0 Å². The average Bonchev–Trinajstić information content (AvgIpc) is 2.96. The predicted octanol–water partition coefficient (Wildman–Crippen LogP) is 5.82. The summed E-state index contributed by atoms with van der Waals surface area (Å²) < 4.78 is 36.9. The highest BCUT2D eigenvalue weighted by atomic mass is 16.6. The van der Waals surface area contributed by atoms with Gasteiger partial charge in [0.1, 0.15) is 13.2 Å². The number of hydrogen-bond donors (Lipinski definition) is 0. The van der Waals surface area contributed by atoms with Crippen LogP contribution in [0.15, 0.2) is 12.7 Å². The second-order valence-corrected chi connectivity index (χ2v) is 9.65. The Hall–Kier alpha value is -1.52. The van der Waals surface area contributed by atoms with E-state index in [9.17, 15) is 9.59 Å². The lowest BCUT2D eigenvalue weighted by atomic mass is 10.0. The molecule has 9 heteroatoms. The molecule has 0 N–H and O–H groups in total. The molecular weight excluding hydrogens is 516 g/mol. The molecule has 40 heavy (non-hydrogen) atoms. The van der Waals surface area contributed by atoms with Gasteiger partial charge in [-0.15, -0.1) is 0 Å². The molecule has 0 aromatic heterocycles. The molecule has 0 radical (unpaired) electrons. The van der Waals surface area contributed by atoms with Crippen LogP contribution in [0.2, 0.25) is 0 Å². The molecule has 0 spiro atoms. The number of rotatable bonds is 33. The first-order chi connectivity index (χ1) is 19.7. The van der Waals surface area contributed by atoms with Gasteiger partial charge >= 0.3 is 11.9 Å². The smallest absolute Gasteiger partial charge is 0.330 e. The summed E-state index contributed by atoms with van der Waals surface area (Å²) in [6, 6.07) is 0. The van der Waals surface area contributed by atoms with Crippen molar-refractivity contribution in [3.63, 3.8) is 0 Å². The van der Waals surface area contributed by atoms with Gasteiger partial charge in [0.2, 0.25) is 0 Å². The molecule has 0 atom stereocenters. The van der Waals surface area contributed by atoms with E-state index in [0.29, 0.717) is 72.5 Å². The first kappa shape index (κ1) is 38.5. The molecular formula is C31H58O9. The van der Waals surface area contributed by atoms with Crippen LogP contribution in [-0.4, -0.2) is 91.2 Å². The highest BCUT2D eigenvalue weighted by Gasteiger charge is 2.03. The SMILES string of the molecule is C=CC(=O)OCCOCCOCCOCCOCCOCCOC(=O)CCCCCCCCCCCCCCC. The van der Waals surface area contributed by atoms with Gasteiger partial charge in [0.05, 0.1) is 66.1 Å². The molecule has 9 nitrogen and oxygen atoms in total. The fourth-order valence-electron chi connectivity index (χ4n) is 3.82. The van der Waals surface area contributed by atoms with Gasteiger partial charge in [-0.25, -0.2) is 4.79 Å². The maximum Gasteiger partial charge on any atom is 0.330 e. The van der Waals surface area contributed by atoms with E-state index >= 15 is 0 Å². The summed E-state index contributed by atoms with van der Waals surface area (Å²) in [5.74, 6) is -0.593. The zero-order valence-corrected chi connectivity index (χ0v) is 25.3. The molecule has 0 unspecified atom stereocenters. The monoisotopic (exact) mass is 574 g/mol. The van der Waals surface area contributed by atoms with Crippen LogP contribution in [-0.2, 0) is 42.7 Å². The Balaban J connectivity index is 3.16. The van der Waals surface area contributed by atoms with Crippen LogP contribution in [0.25, 0.3) is 0 Å². The molecule has 0 amide bonds. The van der Waals surface area contributed by atoms with Gasteiger partial charge < -0.3 is 33.2 Å².